The van der Waals surface area contributed by atoms with Crippen molar-refractivity contribution in [1.82, 2.24) is 0 Å². The van der Waals surface area contributed by atoms with E-state index < -0.39 is 23.4 Å². The van der Waals surface area contributed by atoms with Crippen molar-refractivity contribution < 1.29 is 17.7 Å². The van der Waals surface area contributed by atoms with Crippen LogP contribution in [-0.2, 0) is 20.3 Å². The van der Waals surface area contributed by atoms with Crippen LogP contribution in [0.2, 0.25) is 0 Å². The Morgan fingerprint density at radius 2 is 2.40 bits per heavy atom. The summed E-state index contributed by atoms with van der Waals surface area (Å²) in [6, 6.07) is -0.945. The Kier molecular flexibility index (Phi) is 4.62. The fourth-order valence-electron chi connectivity index (χ4n) is 0.207. The van der Waals surface area contributed by atoms with E-state index in [0.717, 1.165) is 0 Å². The molecule has 2 atom stereocenters. The zero-order valence-electron chi connectivity index (χ0n) is 4.89. The molecule has 7 heteroatoms. The smallest absolute Gasteiger partial charge is 0.342 e. The minimum Gasteiger partial charge on any atom is -0.342 e. The molecule has 60 valence electrons. The van der Waals surface area contributed by atoms with E-state index in [1.807, 2.05) is 0 Å². The van der Waals surface area contributed by atoms with Crippen LogP contribution in [0.15, 0.2) is 0 Å². The van der Waals surface area contributed by atoms with E-state index in [1.54, 1.807) is 0 Å². The van der Waals surface area contributed by atoms with Crippen LogP contribution in [0.3, 0.4) is 0 Å². The van der Waals surface area contributed by atoms with Crippen LogP contribution < -0.4 is 5.73 Å². The monoisotopic (exact) mass is 185 g/mol. The maximum absolute atomic E-state index is 10.4. The van der Waals surface area contributed by atoms with Gasteiger partial charge in [0.25, 0.3) is 0 Å². The highest BCUT2D eigenvalue weighted by Gasteiger charge is 2.14. The van der Waals surface area contributed by atoms with Gasteiger partial charge in [-0.3, -0.25) is 4.55 Å². The van der Waals surface area contributed by atoms with Crippen molar-refractivity contribution in [2.45, 2.75) is 6.04 Å². The standard InChI is InChI=1S/C3H7NO4S2/c4-2(1-9)3(5)8-10(6)7/h2,9H,1,4H2,(H,6,7). The summed E-state index contributed by atoms with van der Waals surface area (Å²) in [6.07, 6.45) is 0. The average Bonchev–Trinajstić information content (AvgIpc) is 1.85. The molecule has 0 bridgehead atoms. The van der Waals surface area contributed by atoms with Gasteiger partial charge in [-0.15, -0.1) is 0 Å². The summed E-state index contributed by atoms with van der Waals surface area (Å²) in [5.41, 5.74) is 5.07. The normalized spacial score (nSPS) is 15.9. The lowest BCUT2D eigenvalue weighted by Crippen LogP contribution is -2.34. The molecule has 0 saturated heterocycles. The number of thiol groups is 1. The van der Waals surface area contributed by atoms with Gasteiger partial charge in [-0.2, -0.15) is 16.8 Å². The fraction of sp³-hybridized carbons (Fsp3) is 0.667. The molecule has 0 amide bonds. The SMILES string of the molecule is NC(CS)C(=O)OS(=O)O. The lowest BCUT2D eigenvalue weighted by molar-refractivity contribution is -0.134. The van der Waals surface area contributed by atoms with Crippen LogP contribution in [0.5, 0.6) is 0 Å². The van der Waals surface area contributed by atoms with Gasteiger partial charge in [0.1, 0.15) is 6.04 Å². The van der Waals surface area contributed by atoms with Gasteiger partial charge in [-0.1, -0.05) is 0 Å². The predicted octanol–water partition coefficient (Wildman–Crippen LogP) is -1.08. The molecule has 2 unspecified atom stereocenters. The highest BCUT2D eigenvalue weighted by Crippen LogP contribution is 1.89. The molecular formula is C3H7NO4S2. The maximum atomic E-state index is 10.4. The quantitative estimate of drug-likeness (QED) is 0.384. The molecule has 0 saturated carbocycles. The first-order valence-corrected chi connectivity index (χ1v) is 3.93. The van der Waals surface area contributed by atoms with E-state index in [1.165, 1.54) is 0 Å². The van der Waals surface area contributed by atoms with Crippen molar-refractivity contribution in [3.8, 4) is 0 Å². The number of hydrogen-bond acceptors (Lipinski definition) is 5. The van der Waals surface area contributed by atoms with Gasteiger partial charge in [0.2, 0.25) is 0 Å². The van der Waals surface area contributed by atoms with Gasteiger partial charge >= 0.3 is 17.3 Å². The summed E-state index contributed by atoms with van der Waals surface area (Å²) in [6.45, 7) is 0. The predicted molar refractivity (Wildman–Crippen MR) is 38.7 cm³/mol. The van der Waals surface area contributed by atoms with Crippen LogP contribution in [0, 0.1) is 0 Å². The molecule has 0 aliphatic heterocycles. The molecule has 0 aliphatic carbocycles. The molecule has 5 nitrogen and oxygen atoms in total. The molecule has 0 fully saturated rings. The summed E-state index contributed by atoms with van der Waals surface area (Å²) < 4.78 is 21.7. The van der Waals surface area contributed by atoms with Crippen molar-refractivity contribution in [3.63, 3.8) is 0 Å². The van der Waals surface area contributed by atoms with E-state index >= 15 is 0 Å². The number of rotatable bonds is 3. The fourth-order valence-corrected chi connectivity index (χ4v) is 0.620. The van der Waals surface area contributed by atoms with Crippen LogP contribution in [0.25, 0.3) is 0 Å². The Balaban J connectivity index is 3.73. The van der Waals surface area contributed by atoms with Crippen molar-refractivity contribution >= 4 is 30.0 Å². The van der Waals surface area contributed by atoms with Crippen LogP contribution in [0.1, 0.15) is 0 Å². The molecule has 0 aliphatic rings. The molecule has 0 rings (SSSR count). The first-order valence-electron chi connectivity index (χ1n) is 2.27. The summed E-state index contributed by atoms with van der Waals surface area (Å²) >= 11 is 1.09. The first kappa shape index (κ1) is 9.89. The van der Waals surface area contributed by atoms with Crippen molar-refractivity contribution in [2.75, 3.05) is 5.75 Å². The zero-order valence-corrected chi connectivity index (χ0v) is 6.60. The maximum Gasteiger partial charge on any atom is 0.360 e. The number of hydrogen-bond donors (Lipinski definition) is 3. The third kappa shape index (κ3) is 3.83. The highest BCUT2D eigenvalue weighted by atomic mass is 32.2. The molecule has 0 aromatic rings. The van der Waals surface area contributed by atoms with Gasteiger partial charge in [0.15, 0.2) is 0 Å². The Bertz CT molecular complexity index is 149. The minimum atomic E-state index is -2.58. The second-order valence-corrected chi connectivity index (χ2v) is 2.37. The van der Waals surface area contributed by atoms with E-state index in [4.69, 9.17) is 10.3 Å². The molecule has 3 N–H and O–H groups in total. The topological polar surface area (TPSA) is 89.6 Å². The second-order valence-electron chi connectivity index (χ2n) is 1.41. The Morgan fingerprint density at radius 3 is 2.70 bits per heavy atom. The molecule has 10 heavy (non-hydrogen) atoms. The van der Waals surface area contributed by atoms with E-state index in [0.29, 0.717) is 0 Å². The van der Waals surface area contributed by atoms with E-state index in [9.17, 15) is 9.00 Å². The molecule has 0 aromatic carbocycles. The van der Waals surface area contributed by atoms with Crippen molar-refractivity contribution in [2.24, 2.45) is 5.73 Å². The Hall–Kier alpha value is -0.110. The molecule has 0 radical (unpaired) electrons. The lowest BCUT2D eigenvalue weighted by Gasteiger charge is -2.03. The number of nitrogens with two attached hydrogens (primary N) is 1. The lowest BCUT2D eigenvalue weighted by atomic mass is 10.4. The zero-order chi connectivity index (χ0) is 8.15. The highest BCUT2D eigenvalue weighted by molar-refractivity contribution is 7.80. The van der Waals surface area contributed by atoms with Crippen LogP contribution in [0.4, 0.5) is 0 Å². The largest absolute Gasteiger partial charge is 0.360 e. The third-order valence-corrected chi connectivity index (χ3v) is 1.35. The van der Waals surface area contributed by atoms with E-state index in [-0.39, 0.29) is 5.75 Å². The van der Waals surface area contributed by atoms with Gasteiger partial charge in [0.05, 0.1) is 0 Å². The summed E-state index contributed by atoms with van der Waals surface area (Å²) in [7, 11) is 0. The minimum absolute atomic E-state index is 0.0794. The Labute approximate surface area is 65.8 Å². The molecule has 0 spiro atoms. The van der Waals surface area contributed by atoms with Gasteiger partial charge in [-0.25, -0.2) is 4.79 Å². The molecular weight excluding hydrogens is 178 g/mol. The molecule has 0 heterocycles. The molecule has 0 aromatic heterocycles. The summed E-state index contributed by atoms with van der Waals surface area (Å²) in [4.78, 5) is 10.4. The van der Waals surface area contributed by atoms with Crippen molar-refractivity contribution in [3.05, 3.63) is 0 Å². The Morgan fingerprint density at radius 1 is 1.90 bits per heavy atom. The van der Waals surface area contributed by atoms with Gasteiger partial charge in [0, 0.05) is 5.75 Å². The second kappa shape index (κ2) is 4.67. The number of carbonyl (C=O) groups excluding carboxylic acids is 1. The first-order chi connectivity index (χ1) is 4.57. The summed E-state index contributed by atoms with van der Waals surface area (Å²) in [5.74, 6) is -0.855. The van der Waals surface area contributed by atoms with Crippen LogP contribution >= 0.6 is 12.6 Å². The van der Waals surface area contributed by atoms with Crippen molar-refractivity contribution in [1.29, 1.82) is 0 Å². The number of carbonyl (C=O) groups is 1. The van der Waals surface area contributed by atoms with Gasteiger partial charge in [-0.05, 0) is 0 Å². The third-order valence-electron chi connectivity index (χ3n) is 0.653. The van der Waals surface area contributed by atoms with Crippen LogP contribution in [-0.4, -0.2) is 26.5 Å². The van der Waals surface area contributed by atoms with Gasteiger partial charge < -0.3 is 9.92 Å². The van der Waals surface area contributed by atoms with E-state index in [2.05, 4.69) is 16.8 Å². The summed E-state index contributed by atoms with van der Waals surface area (Å²) in [5, 5.41) is 0. The average molecular weight is 185 g/mol.